The molecule has 0 saturated heterocycles. The van der Waals surface area contributed by atoms with E-state index in [2.05, 4.69) is 22.2 Å². The predicted molar refractivity (Wildman–Crippen MR) is 110 cm³/mol. The van der Waals surface area contributed by atoms with E-state index in [-0.39, 0.29) is 11.7 Å². The van der Waals surface area contributed by atoms with Gasteiger partial charge < -0.3 is 15.8 Å². The van der Waals surface area contributed by atoms with Crippen molar-refractivity contribution in [1.29, 1.82) is 0 Å². The molecule has 0 aliphatic heterocycles. The first-order valence-corrected chi connectivity index (χ1v) is 9.35. The molecule has 3 aromatic rings. The van der Waals surface area contributed by atoms with Crippen molar-refractivity contribution in [2.24, 2.45) is 0 Å². The monoisotopic (exact) mass is 376 g/mol. The number of nitrogens with zero attached hydrogens (tertiary/aromatic N) is 2. The van der Waals surface area contributed by atoms with Crippen LogP contribution in [0, 0.1) is 0 Å². The average Bonchev–Trinajstić information content (AvgIpc) is 2.73. The highest BCUT2D eigenvalue weighted by atomic mass is 16.5. The van der Waals surface area contributed by atoms with Gasteiger partial charge in [0.25, 0.3) is 0 Å². The van der Waals surface area contributed by atoms with Gasteiger partial charge in [-0.3, -0.25) is 4.79 Å². The fourth-order valence-electron chi connectivity index (χ4n) is 2.72. The van der Waals surface area contributed by atoms with E-state index in [1.165, 1.54) is 0 Å². The van der Waals surface area contributed by atoms with Gasteiger partial charge in [0, 0.05) is 17.7 Å². The third kappa shape index (κ3) is 5.07. The van der Waals surface area contributed by atoms with Gasteiger partial charge in [-0.05, 0) is 18.1 Å². The lowest BCUT2D eigenvalue weighted by molar-refractivity contribution is 0.103. The molecule has 0 atom stereocenters. The van der Waals surface area contributed by atoms with Crippen molar-refractivity contribution >= 4 is 17.5 Å². The lowest BCUT2D eigenvalue weighted by Crippen LogP contribution is -2.09. The van der Waals surface area contributed by atoms with Crippen LogP contribution in [0.3, 0.4) is 0 Å². The highest BCUT2D eigenvalue weighted by molar-refractivity contribution is 6.09. The van der Waals surface area contributed by atoms with Crippen LogP contribution in [0.4, 0.5) is 11.8 Å². The molecule has 0 saturated carbocycles. The largest absolute Gasteiger partial charge is 0.483 e. The van der Waals surface area contributed by atoms with Gasteiger partial charge in [-0.15, -0.1) is 0 Å². The maximum atomic E-state index is 12.6. The molecule has 0 aliphatic carbocycles. The molecular formula is C22H24N4O2. The number of hydrogen-bond donors (Lipinski definition) is 2. The third-order valence-corrected chi connectivity index (χ3v) is 4.22. The van der Waals surface area contributed by atoms with E-state index in [9.17, 15) is 4.79 Å². The maximum Gasteiger partial charge on any atom is 0.222 e. The van der Waals surface area contributed by atoms with Crippen LogP contribution >= 0.6 is 0 Å². The molecule has 0 unspecified atom stereocenters. The standard InChI is InChI=1S/C22H24N4O2/c1-2-3-12-24-21-19(14-25-22(23)26-21)28-15-16-8-7-11-18(13-16)20(27)17-9-5-4-6-10-17/h4-11,13-14H,2-3,12,15H2,1H3,(H3,23,24,25,26). The third-order valence-electron chi connectivity index (χ3n) is 4.22. The second-order valence-corrected chi connectivity index (χ2v) is 6.41. The van der Waals surface area contributed by atoms with Crippen LogP contribution in [-0.4, -0.2) is 22.3 Å². The van der Waals surface area contributed by atoms with Crippen LogP contribution < -0.4 is 15.8 Å². The zero-order valence-electron chi connectivity index (χ0n) is 15.9. The number of carbonyl (C=O) groups is 1. The molecule has 1 heterocycles. The van der Waals surface area contributed by atoms with Crippen LogP contribution in [-0.2, 0) is 6.61 Å². The molecule has 28 heavy (non-hydrogen) atoms. The SMILES string of the molecule is CCCCNc1nc(N)ncc1OCc1cccc(C(=O)c2ccccc2)c1. The maximum absolute atomic E-state index is 12.6. The summed E-state index contributed by atoms with van der Waals surface area (Å²) in [5, 5.41) is 3.23. The topological polar surface area (TPSA) is 90.1 Å². The molecule has 6 heteroatoms. The normalized spacial score (nSPS) is 10.5. The number of ether oxygens (including phenoxy) is 1. The van der Waals surface area contributed by atoms with Crippen LogP contribution in [0.2, 0.25) is 0 Å². The van der Waals surface area contributed by atoms with E-state index in [0.717, 1.165) is 24.9 Å². The first-order chi connectivity index (χ1) is 13.7. The molecule has 0 bridgehead atoms. The predicted octanol–water partition coefficient (Wildman–Crippen LogP) is 4.08. The Hall–Kier alpha value is -3.41. The van der Waals surface area contributed by atoms with Gasteiger partial charge in [-0.2, -0.15) is 4.98 Å². The summed E-state index contributed by atoms with van der Waals surface area (Å²) in [4.78, 5) is 20.9. The molecule has 0 fully saturated rings. The zero-order valence-corrected chi connectivity index (χ0v) is 15.9. The summed E-state index contributed by atoms with van der Waals surface area (Å²) in [6.07, 6.45) is 3.66. The lowest BCUT2D eigenvalue weighted by atomic mass is 10.0. The molecule has 1 aromatic heterocycles. The van der Waals surface area contributed by atoms with Crippen molar-refractivity contribution in [2.75, 3.05) is 17.6 Å². The molecule has 6 nitrogen and oxygen atoms in total. The second-order valence-electron chi connectivity index (χ2n) is 6.41. The minimum absolute atomic E-state index is 0.0137. The molecule has 0 spiro atoms. The van der Waals surface area contributed by atoms with Gasteiger partial charge in [-0.1, -0.05) is 61.9 Å². The van der Waals surface area contributed by atoms with E-state index < -0.39 is 0 Å². The summed E-state index contributed by atoms with van der Waals surface area (Å²) in [5.41, 5.74) is 7.87. The Bertz CT molecular complexity index is 929. The van der Waals surface area contributed by atoms with Gasteiger partial charge in [0.2, 0.25) is 5.95 Å². The smallest absolute Gasteiger partial charge is 0.222 e. The molecule has 2 aromatic carbocycles. The molecule has 0 radical (unpaired) electrons. The van der Waals surface area contributed by atoms with Gasteiger partial charge in [0.1, 0.15) is 6.61 Å². The molecule has 0 aliphatic rings. The summed E-state index contributed by atoms with van der Waals surface area (Å²) in [6.45, 7) is 3.20. The van der Waals surface area contributed by atoms with Crippen LogP contribution in [0.15, 0.2) is 60.8 Å². The van der Waals surface area contributed by atoms with Gasteiger partial charge in [0.05, 0.1) is 6.20 Å². The quantitative estimate of drug-likeness (QED) is 0.432. The minimum Gasteiger partial charge on any atom is -0.483 e. The minimum atomic E-state index is -0.0137. The van der Waals surface area contributed by atoms with Crippen molar-refractivity contribution in [3.8, 4) is 5.75 Å². The Morgan fingerprint density at radius 2 is 1.89 bits per heavy atom. The molecule has 3 rings (SSSR count). The van der Waals surface area contributed by atoms with Gasteiger partial charge in [-0.25, -0.2) is 4.98 Å². The van der Waals surface area contributed by atoms with E-state index >= 15 is 0 Å². The number of ketones is 1. The van der Waals surface area contributed by atoms with E-state index in [4.69, 9.17) is 10.5 Å². The number of hydrogen-bond acceptors (Lipinski definition) is 6. The number of aromatic nitrogens is 2. The Morgan fingerprint density at radius 1 is 1.11 bits per heavy atom. The molecule has 0 amide bonds. The average molecular weight is 376 g/mol. The number of nitrogens with two attached hydrogens (primary N) is 1. The molecular weight excluding hydrogens is 352 g/mol. The number of anilines is 2. The number of nitrogens with one attached hydrogen (secondary N) is 1. The van der Waals surface area contributed by atoms with Crippen molar-refractivity contribution in [2.45, 2.75) is 26.4 Å². The number of unbranched alkanes of at least 4 members (excludes halogenated alkanes) is 1. The number of carbonyl (C=O) groups excluding carboxylic acids is 1. The lowest BCUT2D eigenvalue weighted by Gasteiger charge is -2.12. The Kier molecular flexibility index (Phi) is 6.57. The van der Waals surface area contributed by atoms with Gasteiger partial charge >= 0.3 is 0 Å². The van der Waals surface area contributed by atoms with Crippen molar-refractivity contribution in [1.82, 2.24) is 9.97 Å². The molecule has 3 N–H and O–H groups in total. The highest BCUT2D eigenvalue weighted by Crippen LogP contribution is 2.23. The second kappa shape index (κ2) is 9.50. The summed E-state index contributed by atoms with van der Waals surface area (Å²) in [7, 11) is 0. The van der Waals surface area contributed by atoms with Crippen molar-refractivity contribution < 1.29 is 9.53 Å². The Labute approximate surface area is 164 Å². The summed E-state index contributed by atoms with van der Waals surface area (Å²) >= 11 is 0. The van der Waals surface area contributed by atoms with E-state index in [1.807, 2.05) is 54.6 Å². The fraction of sp³-hybridized carbons (Fsp3) is 0.227. The number of benzene rings is 2. The first kappa shape index (κ1) is 19.4. The number of nitrogen functional groups attached to an aromatic ring is 1. The highest BCUT2D eigenvalue weighted by Gasteiger charge is 2.11. The van der Waals surface area contributed by atoms with Crippen molar-refractivity contribution in [3.63, 3.8) is 0 Å². The van der Waals surface area contributed by atoms with Crippen LogP contribution in [0.1, 0.15) is 41.3 Å². The van der Waals surface area contributed by atoms with Crippen molar-refractivity contribution in [3.05, 3.63) is 77.5 Å². The summed E-state index contributed by atoms with van der Waals surface area (Å²) in [6, 6.07) is 16.7. The Balaban J connectivity index is 1.71. The summed E-state index contributed by atoms with van der Waals surface area (Å²) in [5.74, 6) is 1.30. The first-order valence-electron chi connectivity index (χ1n) is 9.35. The van der Waals surface area contributed by atoms with Crippen LogP contribution in [0.25, 0.3) is 0 Å². The van der Waals surface area contributed by atoms with Gasteiger partial charge in [0.15, 0.2) is 17.4 Å². The summed E-state index contributed by atoms with van der Waals surface area (Å²) < 4.78 is 5.89. The van der Waals surface area contributed by atoms with E-state index in [1.54, 1.807) is 6.20 Å². The van der Waals surface area contributed by atoms with E-state index in [0.29, 0.717) is 29.3 Å². The fourth-order valence-corrected chi connectivity index (χ4v) is 2.72. The number of rotatable bonds is 9. The zero-order chi connectivity index (χ0) is 19.8. The molecule has 144 valence electrons. The Morgan fingerprint density at radius 3 is 2.68 bits per heavy atom. The van der Waals surface area contributed by atoms with Crippen LogP contribution in [0.5, 0.6) is 5.75 Å².